The van der Waals surface area contributed by atoms with E-state index in [0.29, 0.717) is 12.6 Å². The first-order chi connectivity index (χ1) is 9.56. The monoisotopic (exact) mass is 274 g/mol. The number of nitrogens with zero attached hydrogens (tertiary/aromatic N) is 2. The zero-order chi connectivity index (χ0) is 14.3. The standard InChI is InChI=1S/C15H18N2O3/c1-16(12-4-5-12)14(18)9-17-7-6-10-2-3-11(15(19)20)8-13(10)17/h2-3,8,12H,4-7,9H2,1H3,(H,19,20). The topological polar surface area (TPSA) is 60.9 Å². The number of amides is 1. The van der Waals surface area contributed by atoms with Gasteiger partial charge >= 0.3 is 5.97 Å². The molecule has 1 aromatic carbocycles. The highest BCUT2D eigenvalue weighted by atomic mass is 16.4. The largest absolute Gasteiger partial charge is 0.478 e. The first kappa shape index (κ1) is 13.0. The number of likely N-dealkylation sites (N-methyl/N-ethyl adjacent to an activating group) is 1. The van der Waals surface area contributed by atoms with Crippen molar-refractivity contribution in [3.63, 3.8) is 0 Å². The third kappa shape index (κ3) is 2.35. The van der Waals surface area contributed by atoms with Gasteiger partial charge in [-0.05, 0) is 37.0 Å². The number of carbonyl (C=O) groups excluding carboxylic acids is 1. The van der Waals surface area contributed by atoms with Crippen LogP contribution in [0.5, 0.6) is 0 Å². The van der Waals surface area contributed by atoms with E-state index < -0.39 is 5.97 Å². The summed E-state index contributed by atoms with van der Waals surface area (Å²) in [6, 6.07) is 5.57. The molecule has 0 saturated heterocycles. The minimum atomic E-state index is -0.930. The van der Waals surface area contributed by atoms with Gasteiger partial charge in [0.1, 0.15) is 0 Å². The van der Waals surface area contributed by atoms with Crippen LogP contribution in [0.25, 0.3) is 0 Å². The SMILES string of the molecule is CN(C(=O)CN1CCc2ccc(C(=O)O)cc21)C1CC1. The number of carboxylic acid groups (broad SMARTS) is 1. The van der Waals surface area contributed by atoms with E-state index in [4.69, 9.17) is 5.11 Å². The molecule has 0 atom stereocenters. The first-order valence-electron chi connectivity index (χ1n) is 6.93. The van der Waals surface area contributed by atoms with Gasteiger partial charge in [0.15, 0.2) is 0 Å². The van der Waals surface area contributed by atoms with Gasteiger partial charge in [0.2, 0.25) is 5.91 Å². The Morgan fingerprint density at radius 2 is 2.15 bits per heavy atom. The van der Waals surface area contributed by atoms with Crippen LogP contribution in [0.15, 0.2) is 18.2 Å². The highest BCUT2D eigenvalue weighted by molar-refractivity contribution is 5.90. The molecule has 5 heteroatoms. The lowest BCUT2D eigenvalue weighted by Crippen LogP contribution is -2.38. The van der Waals surface area contributed by atoms with E-state index in [1.165, 1.54) is 0 Å². The molecule has 1 saturated carbocycles. The minimum absolute atomic E-state index is 0.112. The molecule has 1 heterocycles. The lowest BCUT2D eigenvalue weighted by molar-refractivity contribution is -0.128. The minimum Gasteiger partial charge on any atom is -0.478 e. The molecule has 106 valence electrons. The maximum atomic E-state index is 12.2. The molecule has 0 radical (unpaired) electrons. The van der Waals surface area contributed by atoms with Gasteiger partial charge in [-0.2, -0.15) is 0 Å². The van der Waals surface area contributed by atoms with E-state index >= 15 is 0 Å². The zero-order valence-electron chi connectivity index (χ0n) is 11.5. The molecule has 5 nitrogen and oxygen atoms in total. The number of rotatable bonds is 4. The van der Waals surface area contributed by atoms with Crippen LogP contribution < -0.4 is 4.90 Å². The van der Waals surface area contributed by atoms with Crippen molar-refractivity contribution < 1.29 is 14.7 Å². The van der Waals surface area contributed by atoms with Crippen LogP contribution in [0.3, 0.4) is 0 Å². The summed E-state index contributed by atoms with van der Waals surface area (Å²) in [6.45, 7) is 1.12. The lowest BCUT2D eigenvalue weighted by Gasteiger charge is -2.23. The Kier molecular flexibility index (Phi) is 3.12. The van der Waals surface area contributed by atoms with Gasteiger partial charge in [0.05, 0.1) is 12.1 Å². The Hall–Kier alpha value is -2.04. The van der Waals surface area contributed by atoms with Gasteiger partial charge in [-0.3, -0.25) is 4.79 Å². The van der Waals surface area contributed by atoms with Gasteiger partial charge in [0, 0.05) is 25.3 Å². The Labute approximate surface area is 117 Å². The normalized spacial score (nSPS) is 16.9. The van der Waals surface area contributed by atoms with Crippen LogP contribution in [-0.2, 0) is 11.2 Å². The van der Waals surface area contributed by atoms with E-state index in [1.807, 2.05) is 22.9 Å². The summed E-state index contributed by atoms with van der Waals surface area (Å²) in [5, 5.41) is 9.06. The fourth-order valence-corrected chi connectivity index (χ4v) is 2.68. The Morgan fingerprint density at radius 3 is 2.80 bits per heavy atom. The highest BCUT2D eigenvalue weighted by Crippen LogP contribution is 2.30. The fraction of sp³-hybridized carbons (Fsp3) is 0.467. The second-order valence-electron chi connectivity index (χ2n) is 5.56. The summed E-state index contributed by atoms with van der Waals surface area (Å²) in [4.78, 5) is 27.0. The third-order valence-electron chi connectivity index (χ3n) is 4.14. The van der Waals surface area contributed by atoms with E-state index in [2.05, 4.69) is 0 Å². The zero-order valence-corrected chi connectivity index (χ0v) is 11.5. The summed E-state index contributed by atoms with van der Waals surface area (Å²) < 4.78 is 0. The summed E-state index contributed by atoms with van der Waals surface area (Å²) in [7, 11) is 1.85. The second-order valence-corrected chi connectivity index (χ2v) is 5.56. The van der Waals surface area contributed by atoms with Crippen LogP contribution in [-0.4, -0.2) is 48.1 Å². The predicted octanol–water partition coefficient (Wildman–Crippen LogP) is 1.37. The first-order valence-corrected chi connectivity index (χ1v) is 6.93. The molecule has 2 aliphatic rings. The van der Waals surface area contributed by atoms with Gasteiger partial charge in [-0.1, -0.05) is 6.07 Å². The van der Waals surface area contributed by atoms with Crippen molar-refractivity contribution in [2.75, 3.05) is 25.0 Å². The number of carboxylic acids is 1. The van der Waals surface area contributed by atoms with Crippen molar-refractivity contribution >= 4 is 17.6 Å². The van der Waals surface area contributed by atoms with E-state index in [-0.39, 0.29) is 11.5 Å². The number of benzene rings is 1. The molecule has 0 spiro atoms. The molecule has 1 aromatic rings. The average Bonchev–Trinajstić information content (AvgIpc) is 3.20. The molecule has 20 heavy (non-hydrogen) atoms. The molecule has 1 N–H and O–H groups in total. The number of anilines is 1. The number of aromatic carboxylic acids is 1. The molecule has 1 aliphatic heterocycles. The van der Waals surface area contributed by atoms with Gasteiger partial charge < -0.3 is 14.9 Å². The van der Waals surface area contributed by atoms with E-state index in [0.717, 1.165) is 37.1 Å². The van der Waals surface area contributed by atoms with Crippen molar-refractivity contribution in [2.24, 2.45) is 0 Å². The number of hydrogen-bond donors (Lipinski definition) is 1. The number of carbonyl (C=O) groups is 2. The smallest absolute Gasteiger partial charge is 0.335 e. The van der Waals surface area contributed by atoms with Crippen LogP contribution >= 0.6 is 0 Å². The molecule has 0 unspecified atom stereocenters. The molecule has 0 aromatic heterocycles. The van der Waals surface area contributed by atoms with Crippen molar-refractivity contribution in [3.8, 4) is 0 Å². The van der Waals surface area contributed by atoms with Gasteiger partial charge in [0.25, 0.3) is 0 Å². The maximum Gasteiger partial charge on any atom is 0.335 e. The predicted molar refractivity (Wildman–Crippen MR) is 75.1 cm³/mol. The van der Waals surface area contributed by atoms with Crippen molar-refractivity contribution in [2.45, 2.75) is 25.3 Å². The molecule has 1 aliphatic carbocycles. The molecule has 0 bridgehead atoms. The molecular formula is C15H18N2O3. The molecule has 1 fully saturated rings. The van der Waals surface area contributed by atoms with Crippen molar-refractivity contribution in [3.05, 3.63) is 29.3 Å². The van der Waals surface area contributed by atoms with Crippen LogP contribution in [0.4, 0.5) is 5.69 Å². The summed E-state index contributed by atoms with van der Waals surface area (Å²) in [6.07, 6.45) is 3.07. The van der Waals surface area contributed by atoms with Crippen LogP contribution in [0.2, 0.25) is 0 Å². The Bertz CT molecular complexity index is 566. The summed E-state index contributed by atoms with van der Waals surface area (Å²) >= 11 is 0. The maximum absolute atomic E-state index is 12.2. The second kappa shape index (κ2) is 4.81. The fourth-order valence-electron chi connectivity index (χ4n) is 2.68. The number of hydrogen-bond acceptors (Lipinski definition) is 3. The van der Waals surface area contributed by atoms with Crippen LogP contribution in [0.1, 0.15) is 28.8 Å². The van der Waals surface area contributed by atoms with Crippen molar-refractivity contribution in [1.82, 2.24) is 4.90 Å². The quantitative estimate of drug-likeness (QED) is 0.900. The van der Waals surface area contributed by atoms with Gasteiger partial charge in [-0.25, -0.2) is 4.79 Å². The van der Waals surface area contributed by atoms with E-state index in [9.17, 15) is 9.59 Å². The van der Waals surface area contributed by atoms with Gasteiger partial charge in [-0.15, -0.1) is 0 Å². The summed E-state index contributed by atoms with van der Waals surface area (Å²) in [5.74, 6) is -0.817. The van der Waals surface area contributed by atoms with Crippen LogP contribution in [0, 0.1) is 0 Å². The molecular weight excluding hydrogens is 256 g/mol. The third-order valence-corrected chi connectivity index (χ3v) is 4.14. The molecule has 1 amide bonds. The summed E-state index contributed by atoms with van der Waals surface area (Å²) in [5.41, 5.74) is 2.29. The highest BCUT2D eigenvalue weighted by Gasteiger charge is 2.31. The average molecular weight is 274 g/mol. The molecule has 3 rings (SSSR count). The number of fused-ring (bicyclic) bond motifs is 1. The van der Waals surface area contributed by atoms with Crippen molar-refractivity contribution in [1.29, 1.82) is 0 Å². The Morgan fingerprint density at radius 1 is 1.40 bits per heavy atom. The lowest BCUT2D eigenvalue weighted by atomic mass is 10.1. The Balaban J connectivity index is 1.76. The van der Waals surface area contributed by atoms with E-state index in [1.54, 1.807) is 12.1 Å².